The molecule has 1 aliphatic heterocycles. The molecule has 130 valence electrons. The Bertz CT molecular complexity index is 855. The Hall–Kier alpha value is -2.16. The molecule has 0 amide bonds. The smallest absolute Gasteiger partial charge is 0.294 e. The van der Waals surface area contributed by atoms with E-state index in [-0.39, 0.29) is 16.0 Å². The number of rotatable bonds is 3. The number of Topliss-reactive ketones (excluding diaryl/α,β-unsaturated/α-hetero) is 1. The summed E-state index contributed by atoms with van der Waals surface area (Å²) in [7, 11) is -2.81. The largest absolute Gasteiger partial charge is 0.515 e. The molecule has 0 aromatic heterocycles. The fraction of sp³-hybridized carbons (Fsp3) is 0.312. The lowest BCUT2D eigenvalue weighted by molar-refractivity contribution is -0.125. The number of carbonyl (C=O) groups excluding carboxylic acids is 1. The Morgan fingerprint density at radius 2 is 1.96 bits per heavy atom. The number of aliphatic hydroxyl groups excluding tert-OH is 2. The molecular formula is C16H19NO6S. The molecule has 0 fully saturated rings. The normalized spacial score (nSPS) is 23.5. The van der Waals surface area contributed by atoms with Gasteiger partial charge in [-0.15, -0.1) is 0 Å². The molecule has 1 aromatic rings. The highest BCUT2D eigenvalue weighted by Gasteiger charge is 2.45. The lowest BCUT2D eigenvalue weighted by Crippen LogP contribution is -2.49. The van der Waals surface area contributed by atoms with Gasteiger partial charge in [-0.25, -0.2) is 0 Å². The molecule has 0 saturated heterocycles. The lowest BCUT2D eigenvalue weighted by Gasteiger charge is -2.42. The number of benzene rings is 1. The minimum Gasteiger partial charge on any atom is -0.515 e. The quantitative estimate of drug-likeness (QED) is 0.426. The fourth-order valence-corrected chi connectivity index (χ4v) is 3.37. The zero-order valence-electron chi connectivity index (χ0n) is 13.5. The van der Waals surface area contributed by atoms with E-state index in [0.29, 0.717) is 17.4 Å². The van der Waals surface area contributed by atoms with Crippen molar-refractivity contribution < 1.29 is 28.0 Å². The van der Waals surface area contributed by atoms with Crippen LogP contribution in [0.2, 0.25) is 0 Å². The molecule has 1 aromatic carbocycles. The second kappa shape index (κ2) is 6.04. The molecule has 2 rings (SSSR count). The Balaban J connectivity index is 2.75. The van der Waals surface area contributed by atoms with Crippen LogP contribution in [0.3, 0.4) is 0 Å². The summed E-state index contributed by atoms with van der Waals surface area (Å²) in [6, 6.07) is 3.99. The van der Waals surface area contributed by atoms with E-state index >= 15 is 0 Å². The second-order valence-electron chi connectivity index (χ2n) is 5.82. The first-order valence-electron chi connectivity index (χ1n) is 7.10. The predicted molar refractivity (Wildman–Crippen MR) is 87.0 cm³/mol. The molecule has 0 spiro atoms. The van der Waals surface area contributed by atoms with Crippen molar-refractivity contribution in [1.29, 1.82) is 0 Å². The third-order valence-electron chi connectivity index (χ3n) is 4.42. The average molecular weight is 353 g/mol. The highest BCUT2D eigenvalue weighted by atomic mass is 32.2. The maximum Gasteiger partial charge on any atom is 0.294 e. The van der Waals surface area contributed by atoms with Gasteiger partial charge in [0, 0.05) is 18.8 Å². The van der Waals surface area contributed by atoms with Crippen LogP contribution in [-0.2, 0) is 20.5 Å². The van der Waals surface area contributed by atoms with Crippen molar-refractivity contribution in [1.82, 2.24) is 4.90 Å². The van der Waals surface area contributed by atoms with E-state index in [4.69, 9.17) is 0 Å². The molecule has 8 heteroatoms. The van der Waals surface area contributed by atoms with Gasteiger partial charge < -0.3 is 15.1 Å². The topological polar surface area (TPSA) is 115 Å². The van der Waals surface area contributed by atoms with Gasteiger partial charge >= 0.3 is 0 Å². The fourth-order valence-electron chi connectivity index (χ4n) is 2.87. The average Bonchev–Trinajstić information content (AvgIpc) is 2.51. The Morgan fingerprint density at radius 3 is 2.46 bits per heavy atom. The van der Waals surface area contributed by atoms with Crippen molar-refractivity contribution in [2.24, 2.45) is 0 Å². The molecule has 0 saturated carbocycles. The van der Waals surface area contributed by atoms with Crippen LogP contribution in [0.4, 0.5) is 0 Å². The van der Waals surface area contributed by atoms with E-state index in [1.807, 2.05) is 0 Å². The lowest BCUT2D eigenvalue weighted by atomic mass is 9.77. The minimum atomic E-state index is -4.43. The maximum absolute atomic E-state index is 12.9. The number of hydrogen-bond acceptors (Lipinski definition) is 6. The highest BCUT2D eigenvalue weighted by Crippen LogP contribution is 2.39. The molecule has 1 unspecified atom stereocenters. The molecule has 0 aliphatic carbocycles. The molecule has 1 heterocycles. The van der Waals surface area contributed by atoms with Gasteiger partial charge in [0.05, 0.1) is 23.3 Å². The summed E-state index contributed by atoms with van der Waals surface area (Å²) in [6.45, 7) is 2.87. The van der Waals surface area contributed by atoms with Crippen LogP contribution < -0.4 is 0 Å². The number of nitrogens with zero attached hydrogens (tertiary/aromatic N) is 1. The first-order valence-corrected chi connectivity index (χ1v) is 8.54. The number of ketones is 1. The number of hydrogen-bond donors (Lipinski definition) is 3. The van der Waals surface area contributed by atoms with Crippen molar-refractivity contribution in [2.45, 2.75) is 24.3 Å². The summed E-state index contributed by atoms with van der Waals surface area (Å²) < 4.78 is 32.1. The van der Waals surface area contributed by atoms with Crippen LogP contribution in [0.5, 0.6) is 0 Å². The van der Waals surface area contributed by atoms with Gasteiger partial charge in [-0.3, -0.25) is 9.35 Å². The summed E-state index contributed by atoms with van der Waals surface area (Å²) in [5.74, 6) is -0.491. The standard InChI is InChI=1S/C16H19NO6S/c1-10-4-5-12(24(21,22)23)6-14(10)16(2)15(20)13(9-19)11(8-18)7-17(16)3/h4-7,9,18-19H,8H2,1-3H3,(H,21,22,23). The van der Waals surface area contributed by atoms with Crippen LogP contribution in [0, 0.1) is 6.92 Å². The third-order valence-corrected chi connectivity index (χ3v) is 5.27. The van der Waals surface area contributed by atoms with Crippen LogP contribution >= 0.6 is 0 Å². The van der Waals surface area contributed by atoms with Crippen molar-refractivity contribution in [3.63, 3.8) is 0 Å². The van der Waals surface area contributed by atoms with Gasteiger partial charge in [-0.2, -0.15) is 8.42 Å². The van der Waals surface area contributed by atoms with Crippen molar-refractivity contribution >= 4 is 15.9 Å². The summed E-state index contributed by atoms with van der Waals surface area (Å²) in [5, 5.41) is 18.8. The van der Waals surface area contributed by atoms with Crippen molar-refractivity contribution in [2.75, 3.05) is 13.7 Å². The van der Waals surface area contributed by atoms with Gasteiger partial charge in [0.15, 0.2) is 5.78 Å². The number of aliphatic hydroxyl groups is 2. The second-order valence-corrected chi connectivity index (χ2v) is 7.24. The van der Waals surface area contributed by atoms with Crippen LogP contribution in [0.15, 0.2) is 46.7 Å². The first kappa shape index (κ1) is 18.2. The van der Waals surface area contributed by atoms with Crippen LogP contribution in [0.25, 0.3) is 0 Å². The molecule has 7 nitrogen and oxygen atoms in total. The Morgan fingerprint density at radius 1 is 1.33 bits per heavy atom. The molecule has 0 bridgehead atoms. The van der Waals surface area contributed by atoms with E-state index < -0.39 is 28.0 Å². The highest BCUT2D eigenvalue weighted by molar-refractivity contribution is 7.85. The molecule has 24 heavy (non-hydrogen) atoms. The zero-order chi connectivity index (χ0) is 18.3. The van der Waals surface area contributed by atoms with Gasteiger partial charge in [0.1, 0.15) is 5.54 Å². The van der Waals surface area contributed by atoms with Crippen molar-refractivity contribution in [3.05, 3.63) is 52.9 Å². The maximum atomic E-state index is 12.9. The molecular weight excluding hydrogens is 334 g/mol. The summed E-state index contributed by atoms with van der Waals surface area (Å²) in [5.41, 5.74) is -0.0837. The molecule has 0 radical (unpaired) electrons. The van der Waals surface area contributed by atoms with E-state index in [1.165, 1.54) is 24.4 Å². The molecule has 1 atom stereocenters. The predicted octanol–water partition coefficient (Wildman–Crippen LogP) is 1.29. The van der Waals surface area contributed by atoms with Gasteiger partial charge in [0.2, 0.25) is 0 Å². The first-order chi connectivity index (χ1) is 11.1. The number of carbonyl (C=O) groups is 1. The van der Waals surface area contributed by atoms with E-state index in [1.54, 1.807) is 25.8 Å². The third kappa shape index (κ3) is 2.72. The monoisotopic (exact) mass is 353 g/mol. The van der Waals surface area contributed by atoms with Crippen molar-refractivity contribution in [3.8, 4) is 0 Å². The van der Waals surface area contributed by atoms with E-state index in [9.17, 15) is 28.0 Å². The van der Waals surface area contributed by atoms with Gasteiger partial charge in [-0.05, 0) is 37.1 Å². The number of likely N-dealkylation sites (N-methyl/N-ethyl adjacent to an activating group) is 1. The minimum absolute atomic E-state index is 0.0465. The molecule has 1 aliphatic rings. The number of aryl methyl sites for hydroxylation is 1. The van der Waals surface area contributed by atoms with Crippen LogP contribution in [-0.4, -0.2) is 47.5 Å². The summed E-state index contributed by atoms with van der Waals surface area (Å²) in [6.07, 6.45) is 2.15. The van der Waals surface area contributed by atoms with E-state index in [2.05, 4.69) is 0 Å². The zero-order valence-corrected chi connectivity index (χ0v) is 14.3. The SMILES string of the molecule is Cc1ccc(S(=O)(=O)O)cc1C1(C)C(=O)C(=CO)C(CO)=CN1C. The Kier molecular flexibility index (Phi) is 4.58. The Labute approximate surface area is 140 Å². The van der Waals surface area contributed by atoms with Gasteiger partial charge in [-0.1, -0.05) is 6.07 Å². The van der Waals surface area contributed by atoms with E-state index in [0.717, 1.165) is 0 Å². The summed E-state index contributed by atoms with van der Waals surface area (Å²) >= 11 is 0. The van der Waals surface area contributed by atoms with Crippen LogP contribution in [0.1, 0.15) is 18.1 Å². The summed E-state index contributed by atoms with van der Waals surface area (Å²) in [4.78, 5) is 14.2. The molecule has 3 N–H and O–H groups in total. The van der Waals surface area contributed by atoms with Gasteiger partial charge in [0.25, 0.3) is 10.1 Å².